The van der Waals surface area contributed by atoms with Crippen LogP contribution in [-0.4, -0.2) is 18.0 Å². The van der Waals surface area contributed by atoms with E-state index in [1.165, 1.54) is 5.19 Å². The van der Waals surface area contributed by atoms with Gasteiger partial charge in [0.15, 0.2) is 0 Å². The second-order valence-electron chi connectivity index (χ2n) is 7.24. The molecule has 0 atom stereocenters. The van der Waals surface area contributed by atoms with Crippen LogP contribution in [0, 0.1) is 13.8 Å². The third kappa shape index (κ3) is 3.55. The van der Waals surface area contributed by atoms with Crippen molar-refractivity contribution in [2.45, 2.75) is 26.9 Å². The van der Waals surface area contributed by atoms with E-state index in [-0.39, 0.29) is 0 Å². The third-order valence-electron chi connectivity index (χ3n) is 4.78. The quantitative estimate of drug-likeness (QED) is 0.524. The fourth-order valence-electron chi connectivity index (χ4n) is 3.33. The molecule has 0 saturated heterocycles. The Bertz CT molecular complexity index is 871. The van der Waals surface area contributed by atoms with Crippen LogP contribution in [0.3, 0.4) is 0 Å². The summed E-state index contributed by atoms with van der Waals surface area (Å²) >= 11 is 0. The minimum atomic E-state index is -2.05. The molecule has 3 rings (SSSR count). The first-order chi connectivity index (χ1) is 12.3. The van der Waals surface area contributed by atoms with Crippen LogP contribution in [0.1, 0.15) is 11.1 Å². The van der Waals surface area contributed by atoms with Crippen LogP contribution in [0.15, 0.2) is 66.7 Å². The Balaban J connectivity index is 2.29. The van der Waals surface area contributed by atoms with Crippen molar-refractivity contribution < 1.29 is 10.2 Å². The van der Waals surface area contributed by atoms with E-state index in [9.17, 15) is 10.2 Å². The van der Waals surface area contributed by atoms with Crippen molar-refractivity contribution in [3.05, 3.63) is 77.9 Å². The third-order valence-corrected chi connectivity index (χ3v) is 14.9. The molecule has 0 unspecified atom stereocenters. The van der Waals surface area contributed by atoms with Gasteiger partial charge in [0.1, 0.15) is 19.2 Å². The number of phenolic OH excluding ortho intramolecular Hbond substituents is 2. The van der Waals surface area contributed by atoms with Gasteiger partial charge in [-0.05, 0) is 45.6 Å². The van der Waals surface area contributed by atoms with Crippen molar-refractivity contribution in [2.75, 3.05) is 0 Å². The van der Waals surface area contributed by atoms with Gasteiger partial charge in [0, 0.05) is 10.6 Å². The molecule has 134 valence electrons. The fraction of sp³-hybridized carbons (Fsp3) is 0.182. The SMILES string of the molecule is Cc1ccc(O)c(P(c2cc(C)ccc2O)[Si](C)(C)c2ccccc2)c1. The predicted octanol–water partition coefficient (Wildman–Crippen LogP) is 4.26. The zero-order valence-electron chi connectivity index (χ0n) is 15.7. The fourth-order valence-corrected chi connectivity index (χ4v) is 13.2. The Labute approximate surface area is 157 Å². The molecule has 4 heteroatoms. The van der Waals surface area contributed by atoms with Gasteiger partial charge >= 0.3 is 0 Å². The van der Waals surface area contributed by atoms with Crippen molar-refractivity contribution in [1.29, 1.82) is 0 Å². The maximum atomic E-state index is 10.7. The van der Waals surface area contributed by atoms with Crippen LogP contribution in [0.4, 0.5) is 0 Å². The lowest BCUT2D eigenvalue weighted by atomic mass is 10.2. The summed E-state index contributed by atoms with van der Waals surface area (Å²) in [5.74, 6) is 0.637. The Morgan fingerprint density at radius 1 is 0.692 bits per heavy atom. The number of aromatic hydroxyl groups is 2. The van der Waals surface area contributed by atoms with Gasteiger partial charge in [-0.3, -0.25) is 0 Å². The maximum absolute atomic E-state index is 10.7. The highest BCUT2D eigenvalue weighted by Gasteiger charge is 2.38. The van der Waals surface area contributed by atoms with Crippen LogP contribution in [0.2, 0.25) is 13.1 Å². The van der Waals surface area contributed by atoms with Crippen molar-refractivity contribution in [3.8, 4) is 11.5 Å². The number of hydrogen-bond acceptors (Lipinski definition) is 2. The summed E-state index contributed by atoms with van der Waals surface area (Å²) in [5, 5.41) is 24.6. The lowest BCUT2D eigenvalue weighted by molar-refractivity contribution is 0.479. The molecule has 0 aliphatic carbocycles. The molecule has 0 aliphatic heterocycles. The molecular weight excluding hydrogens is 355 g/mol. The molecule has 0 heterocycles. The average Bonchev–Trinajstić information content (AvgIpc) is 2.62. The predicted molar refractivity (Wildman–Crippen MR) is 115 cm³/mol. The highest BCUT2D eigenvalue weighted by molar-refractivity contribution is 8.06. The minimum absolute atomic E-state index is 0.319. The highest BCUT2D eigenvalue weighted by atomic mass is 31.4. The summed E-state index contributed by atoms with van der Waals surface area (Å²) in [6.45, 7) is 8.75. The molecule has 0 aliphatic rings. The summed E-state index contributed by atoms with van der Waals surface area (Å²) in [7, 11) is -2.96. The summed E-state index contributed by atoms with van der Waals surface area (Å²) in [5.41, 5.74) is 2.24. The molecule has 0 saturated carbocycles. The van der Waals surface area contributed by atoms with Gasteiger partial charge < -0.3 is 10.2 Å². The van der Waals surface area contributed by atoms with Gasteiger partial charge in [0.05, 0.1) is 0 Å². The van der Waals surface area contributed by atoms with Crippen molar-refractivity contribution in [2.24, 2.45) is 0 Å². The topological polar surface area (TPSA) is 40.5 Å². The van der Waals surface area contributed by atoms with E-state index in [4.69, 9.17) is 0 Å². The van der Waals surface area contributed by atoms with E-state index in [0.29, 0.717) is 11.5 Å². The Kier molecular flexibility index (Phi) is 5.22. The second-order valence-corrected chi connectivity index (χ2v) is 17.3. The first-order valence-electron chi connectivity index (χ1n) is 8.75. The smallest absolute Gasteiger partial charge is 0.123 e. The number of benzene rings is 3. The van der Waals surface area contributed by atoms with Gasteiger partial charge in [-0.15, -0.1) is 0 Å². The lowest BCUT2D eigenvalue weighted by Gasteiger charge is -2.35. The molecule has 0 amide bonds. The van der Waals surface area contributed by atoms with E-state index in [1.807, 2.05) is 32.0 Å². The molecular formula is C22H25O2PSi. The van der Waals surface area contributed by atoms with Crippen molar-refractivity contribution >= 4 is 31.0 Å². The van der Waals surface area contributed by atoms with Gasteiger partial charge in [-0.25, -0.2) is 0 Å². The first kappa shape index (κ1) is 18.7. The summed E-state index contributed by atoms with van der Waals surface area (Å²) < 4.78 is 0. The van der Waals surface area contributed by atoms with Gasteiger partial charge in [0.2, 0.25) is 0 Å². The largest absolute Gasteiger partial charge is 0.507 e. The molecule has 3 aromatic carbocycles. The molecule has 0 fully saturated rings. The standard InChI is InChI=1S/C22H25O2PSi/c1-16-10-12-19(23)21(14-16)25(22-15-17(2)11-13-20(22)24)26(3,4)18-8-6-5-7-9-18/h5-15,23-24H,1-4H3. The van der Waals surface area contributed by atoms with Crippen molar-refractivity contribution in [1.82, 2.24) is 0 Å². The van der Waals surface area contributed by atoms with Gasteiger partial charge in [-0.2, -0.15) is 0 Å². The summed E-state index contributed by atoms with van der Waals surface area (Å²) in [4.78, 5) is 0. The molecule has 0 spiro atoms. The number of aryl methyl sites for hydroxylation is 2. The molecule has 3 aromatic rings. The monoisotopic (exact) mass is 380 g/mol. The average molecular weight is 381 g/mol. The maximum Gasteiger partial charge on any atom is 0.123 e. The molecule has 0 bridgehead atoms. The summed E-state index contributed by atoms with van der Waals surface area (Å²) in [6.07, 6.45) is 0. The van der Waals surface area contributed by atoms with Crippen LogP contribution in [0.5, 0.6) is 11.5 Å². The second kappa shape index (κ2) is 7.26. The van der Waals surface area contributed by atoms with Crippen LogP contribution >= 0.6 is 7.47 Å². The number of rotatable bonds is 4. The Morgan fingerprint density at radius 3 is 1.62 bits per heavy atom. The summed E-state index contributed by atoms with van der Waals surface area (Å²) in [6, 6.07) is 22.1. The zero-order chi connectivity index (χ0) is 18.9. The Morgan fingerprint density at radius 2 is 1.15 bits per heavy atom. The molecule has 2 N–H and O–H groups in total. The highest BCUT2D eigenvalue weighted by Crippen LogP contribution is 2.48. The van der Waals surface area contributed by atoms with Crippen molar-refractivity contribution in [3.63, 3.8) is 0 Å². The van der Waals surface area contributed by atoms with E-state index >= 15 is 0 Å². The van der Waals surface area contributed by atoms with Gasteiger partial charge in [-0.1, -0.05) is 71.9 Å². The molecule has 2 nitrogen and oxygen atoms in total. The van der Waals surface area contributed by atoms with E-state index in [1.54, 1.807) is 12.1 Å². The van der Waals surface area contributed by atoms with Gasteiger partial charge in [0.25, 0.3) is 0 Å². The molecule has 0 radical (unpaired) electrons. The lowest BCUT2D eigenvalue weighted by Crippen LogP contribution is -2.45. The number of hydrogen-bond donors (Lipinski definition) is 2. The van der Waals surface area contributed by atoms with E-state index in [2.05, 4.69) is 49.5 Å². The zero-order valence-corrected chi connectivity index (χ0v) is 17.6. The number of phenols is 2. The van der Waals surface area contributed by atoms with Crippen LogP contribution < -0.4 is 15.8 Å². The van der Waals surface area contributed by atoms with E-state index < -0.39 is 15.2 Å². The normalized spacial score (nSPS) is 11.7. The van der Waals surface area contributed by atoms with Crippen LogP contribution in [-0.2, 0) is 0 Å². The first-order valence-corrected chi connectivity index (χ1v) is 13.9. The molecule has 0 aromatic heterocycles. The van der Waals surface area contributed by atoms with E-state index in [0.717, 1.165) is 21.7 Å². The Hall–Kier alpha value is -2.09. The van der Waals surface area contributed by atoms with Crippen LogP contribution in [0.25, 0.3) is 0 Å². The molecule has 26 heavy (non-hydrogen) atoms. The minimum Gasteiger partial charge on any atom is -0.507 e.